The summed E-state index contributed by atoms with van der Waals surface area (Å²) in [6.45, 7) is 3.61. The average molecular weight is 375 g/mol. The number of nitrogens with zero attached hydrogens (tertiary/aromatic N) is 2. The summed E-state index contributed by atoms with van der Waals surface area (Å²) in [6.07, 6.45) is 2.30. The standard InChI is InChI=1S/C10H21N3O2S.HI/c1-8(2)16(14,15)7-6-12-10(11)13(3)9-4-5-9;/h8-9H,4-7H2,1-3H3,(H2,11,12);1H. The number of halogens is 1. The maximum absolute atomic E-state index is 11.5. The van der Waals surface area contributed by atoms with E-state index in [-0.39, 0.29) is 41.5 Å². The molecule has 5 nitrogen and oxygen atoms in total. The average Bonchev–Trinajstić information content (AvgIpc) is 2.99. The van der Waals surface area contributed by atoms with Crippen molar-refractivity contribution in [2.45, 2.75) is 38.0 Å². The summed E-state index contributed by atoms with van der Waals surface area (Å²) in [7, 11) is -1.11. The van der Waals surface area contributed by atoms with Gasteiger partial charge in [0.1, 0.15) is 0 Å². The third-order valence-corrected chi connectivity index (χ3v) is 5.01. The summed E-state index contributed by atoms with van der Waals surface area (Å²) in [5.41, 5.74) is 5.74. The summed E-state index contributed by atoms with van der Waals surface area (Å²) in [6, 6.07) is 0.505. The van der Waals surface area contributed by atoms with Crippen molar-refractivity contribution in [2.75, 3.05) is 19.3 Å². The number of guanidine groups is 1. The molecule has 1 rings (SSSR count). The summed E-state index contributed by atoms with van der Waals surface area (Å²) >= 11 is 0. The third kappa shape index (κ3) is 5.41. The fraction of sp³-hybridized carbons (Fsp3) is 0.900. The first kappa shape index (κ1) is 16.9. The lowest BCUT2D eigenvalue weighted by molar-refractivity contribution is 0.488. The highest BCUT2D eigenvalue weighted by Gasteiger charge is 2.27. The molecule has 0 unspecified atom stereocenters. The van der Waals surface area contributed by atoms with Crippen LogP contribution >= 0.6 is 24.0 Å². The summed E-state index contributed by atoms with van der Waals surface area (Å²) < 4.78 is 23.0. The van der Waals surface area contributed by atoms with Gasteiger partial charge in [-0.1, -0.05) is 0 Å². The Morgan fingerprint density at radius 1 is 1.47 bits per heavy atom. The molecule has 1 aliphatic carbocycles. The summed E-state index contributed by atoms with van der Waals surface area (Å²) in [5, 5.41) is -0.343. The van der Waals surface area contributed by atoms with Gasteiger partial charge in [0.05, 0.1) is 17.5 Å². The Morgan fingerprint density at radius 3 is 2.41 bits per heavy atom. The SMILES string of the molecule is CC(C)S(=O)(=O)CCN=C(N)N(C)C1CC1.I. The van der Waals surface area contributed by atoms with Crippen LogP contribution in [-0.2, 0) is 9.84 Å². The van der Waals surface area contributed by atoms with Gasteiger partial charge >= 0.3 is 0 Å². The van der Waals surface area contributed by atoms with Crippen molar-refractivity contribution in [1.82, 2.24) is 4.90 Å². The number of hydrogen-bond donors (Lipinski definition) is 1. The zero-order chi connectivity index (χ0) is 12.3. The van der Waals surface area contributed by atoms with E-state index in [0.29, 0.717) is 12.0 Å². The Hall–Kier alpha value is -0.0500. The van der Waals surface area contributed by atoms with Crippen LogP contribution in [0.2, 0.25) is 0 Å². The molecule has 0 aromatic rings. The van der Waals surface area contributed by atoms with Gasteiger partial charge in [0.25, 0.3) is 0 Å². The smallest absolute Gasteiger partial charge is 0.191 e. The molecule has 0 aliphatic heterocycles. The molecule has 0 atom stereocenters. The number of sulfone groups is 1. The molecule has 0 saturated heterocycles. The molecule has 1 aliphatic rings. The molecular weight excluding hydrogens is 353 g/mol. The molecule has 0 bridgehead atoms. The van der Waals surface area contributed by atoms with Crippen molar-refractivity contribution >= 4 is 39.8 Å². The van der Waals surface area contributed by atoms with Crippen molar-refractivity contribution in [1.29, 1.82) is 0 Å². The van der Waals surface area contributed by atoms with E-state index in [1.54, 1.807) is 13.8 Å². The topological polar surface area (TPSA) is 75.8 Å². The van der Waals surface area contributed by atoms with Crippen LogP contribution in [-0.4, -0.2) is 49.9 Å². The second-order valence-corrected chi connectivity index (χ2v) is 7.17. The summed E-state index contributed by atoms with van der Waals surface area (Å²) in [5.74, 6) is 0.519. The lowest BCUT2D eigenvalue weighted by atomic mass is 10.6. The van der Waals surface area contributed by atoms with Crippen LogP contribution in [0.15, 0.2) is 4.99 Å². The Morgan fingerprint density at radius 2 is 2.00 bits per heavy atom. The highest BCUT2D eigenvalue weighted by atomic mass is 127. The normalized spacial score (nSPS) is 16.8. The predicted octanol–water partition coefficient (Wildman–Crippen LogP) is 0.837. The minimum atomic E-state index is -3.01. The van der Waals surface area contributed by atoms with Crippen molar-refractivity contribution in [3.63, 3.8) is 0 Å². The summed E-state index contributed by atoms with van der Waals surface area (Å²) in [4.78, 5) is 6.01. The fourth-order valence-corrected chi connectivity index (χ4v) is 2.10. The number of rotatable bonds is 5. The van der Waals surface area contributed by atoms with E-state index in [4.69, 9.17) is 5.73 Å². The Bertz CT molecular complexity index is 364. The van der Waals surface area contributed by atoms with Gasteiger partial charge in [-0.15, -0.1) is 24.0 Å². The third-order valence-electron chi connectivity index (χ3n) is 2.82. The minimum Gasteiger partial charge on any atom is -0.370 e. The van der Waals surface area contributed by atoms with E-state index in [2.05, 4.69) is 4.99 Å². The first-order valence-electron chi connectivity index (χ1n) is 5.59. The van der Waals surface area contributed by atoms with E-state index in [1.165, 1.54) is 0 Å². The maximum Gasteiger partial charge on any atom is 0.191 e. The van der Waals surface area contributed by atoms with Gasteiger partial charge in [-0.3, -0.25) is 4.99 Å². The highest BCUT2D eigenvalue weighted by molar-refractivity contribution is 14.0. The molecule has 0 spiro atoms. The van der Waals surface area contributed by atoms with Gasteiger partial charge in [-0.05, 0) is 26.7 Å². The predicted molar refractivity (Wildman–Crippen MR) is 81.6 cm³/mol. The van der Waals surface area contributed by atoms with Gasteiger partial charge in [0.2, 0.25) is 0 Å². The van der Waals surface area contributed by atoms with Crippen LogP contribution in [0.5, 0.6) is 0 Å². The molecular formula is C10H22IN3O2S. The van der Waals surface area contributed by atoms with Gasteiger partial charge in [0.15, 0.2) is 15.8 Å². The van der Waals surface area contributed by atoms with Gasteiger partial charge in [-0.2, -0.15) is 0 Å². The zero-order valence-electron chi connectivity index (χ0n) is 10.6. The van der Waals surface area contributed by atoms with Gasteiger partial charge in [-0.25, -0.2) is 8.42 Å². The molecule has 1 fully saturated rings. The minimum absolute atomic E-state index is 0. The largest absolute Gasteiger partial charge is 0.370 e. The maximum atomic E-state index is 11.5. The molecule has 0 heterocycles. The quantitative estimate of drug-likeness (QED) is 0.439. The molecule has 7 heteroatoms. The van der Waals surface area contributed by atoms with Gasteiger partial charge in [0, 0.05) is 13.1 Å². The molecule has 102 valence electrons. The van der Waals surface area contributed by atoms with E-state index in [0.717, 1.165) is 12.8 Å². The van der Waals surface area contributed by atoms with Gasteiger partial charge < -0.3 is 10.6 Å². The first-order valence-corrected chi connectivity index (χ1v) is 7.30. The Labute approximate surface area is 121 Å². The van der Waals surface area contributed by atoms with Crippen LogP contribution < -0.4 is 5.73 Å². The van der Waals surface area contributed by atoms with Crippen molar-refractivity contribution < 1.29 is 8.42 Å². The van der Waals surface area contributed by atoms with Crippen LogP contribution in [0.25, 0.3) is 0 Å². The molecule has 0 aromatic carbocycles. The Balaban J connectivity index is 0.00000256. The lowest BCUT2D eigenvalue weighted by Gasteiger charge is -2.16. The van der Waals surface area contributed by atoms with Crippen LogP contribution in [0.1, 0.15) is 26.7 Å². The molecule has 0 radical (unpaired) electrons. The van der Waals surface area contributed by atoms with E-state index < -0.39 is 9.84 Å². The van der Waals surface area contributed by atoms with E-state index in [1.807, 2.05) is 11.9 Å². The first-order chi connectivity index (χ1) is 7.34. The second-order valence-electron chi connectivity index (χ2n) is 4.50. The fourth-order valence-electron chi connectivity index (χ4n) is 1.28. The van der Waals surface area contributed by atoms with Crippen LogP contribution in [0, 0.1) is 0 Å². The second kappa shape index (κ2) is 6.77. The highest BCUT2D eigenvalue weighted by Crippen LogP contribution is 2.24. The molecule has 0 amide bonds. The monoisotopic (exact) mass is 375 g/mol. The molecule has 0 aromatic heterocycles. The zero-order valence-corrected chi connectivity index (χ0v) is 13.7. The van der Waals surface area contributed by atoms with E-state index >= 15 is 0 Å². The van der Waals surface area contributed by atoms with E-state index in [9.17, 15) is 8.42 Å². The number of hydrogen-bond acceptors (Lipinski definition) is 3. The Kier molecular flexibility index (Phi) is 6.75. The van der Waals surface area contributed by atoms with Crippen LogP contribution in [0.4, 0.5) is 0 Å². The van der Waals surface area contributed by atoms with Crippen molar-refractivity contribution in [2.24, 2.45) is 10.7 Å². The van der Waals surface area contributed by atoms with Crippen molar-refractivity contribution in [3.05, 3.63) is 0 Å². The van der Waals surface area contributed by atoms with Crippen LogP contribution in [0.3, 0.4) is 0 Å². The molecule has 17 heavy (non-hydrogen) atoms. The number of aliphatic imine (C=N–C) groups is 1. The van der Waals surface area contributed by atoms with Crippen molar-refractivity contribution in [3.8, 4) is 0 Å². The molecule has 2 N–H and O–H groups in total. The number of nitrogens with two attached hydrogens (primary N) is 1. The molecule has 1 saturated carbocycles. The lowest BCUT2D eigenvalue weighted by Crippen LogP contribution is -2.36.